The van der Waals surface area contributed by atoms with Crippen LogP contribution in [0.25, 0.3) is 0 Å². The molecule has 0 saturated heterocycles. The highest BCUT2D eigenvalue weighted by Gasteiger charge is 2.00. The molecule has 0 radical (unpaired) electrons. The van der Waals surface area contributed by atoms with E-state index in [0.29, 0.717) is 19.6 Å². The summed E-state index contributed by atoms with van der Waals surface area (Å²) in [6.07, 6.45) is 0.373. The SMILES string of the molecule is CCOC(=O)CCNc1ccc(N)cc1. The lowest BCUT2D eigenvalue weighted by atomic mass is 10.3. The Balaban J connectivity index is 2.26. The number of benzene rings is 1. The molecule has 0 spiro atoms. The van der Waals surface area contributed by atoms with Crippen LogP contribution >= 0.6 is 0 Å². The van der Waals surface area contributed by atoms with Gasteiger partial charge in [0.05, 0.1) is 13.0 Å². The van der Waals surface area contributed by atoms with Gasteiger partial charge < -0.3 is 15.8 Å². The largest absolute Gasteiger partial charge is 0.466 e. The summed E-state index contributed by atoms with van der Waals surface area (Å²) in [6.45, 7) is 2.80. The van der Waals surface area contributed by atoms with Crippen LogP contribution in [0.2, 0.25) is 0 Å². The lowest BCUT2D eigenvalue weighted by Gasteiger charge is -2.06. The molecular weight excluding hydrogens is 192 g/mol. The molecule has 15 heavy (non-hydrogen) atoms. The van der Waals surface area contributed by atoms with Crippen LogP contribution in [0.3, 0.4) is 0 Å². The van der Waals surface area contributed by atoms with Crippen molar-refractivity contribution in [3.63, 3.8) is 0 Å². The molecule has 0 aliphatic rings. The molecule has 0 atom stereocenters. The van der Waals surface area contributed by atoms with E-state index in [-0.39, 0.29) is 5.97 Å². The first-order chi connectivity index (χ1) is 7.22. The van der Waals surface area contributed by atoms with Crippen LogP contribution in [0.15, 0.2) is 24.3 Å². The summed E-state index contributed by atoms with van der Waals surface area (Å²) in [7, 11) is 0. The summed E-state index contributed by atoms with van der Waals surface area (Å²) in [5.74, 6) is -0.180. The minimum Gasteiger partial charge on any atom is -0.466 e. The van der Waals surface area contributed by atoms with Gasteiger partial charge in [-0.2, -0.15) is 0 Å². The Hall–Kier alpha value is -1.71. The first-order valence-electron chi connectivity index (χ1n) is 4.97. The van der Waals surface area contributed by atoms with Crippen molar-refractivity contribution >= 4 is 17.3 Å². The van der Waals surface area contributed by atoms with Crippen molar-refractivity contribution in [2.24, 2.45) is 0 Å². The van der Waals surface area contributed by atoms with Crippen LogP contribution in [0.1, 0.15) is 13.3 Å². The maximum absolute atomic E-state index is 11.0. The predicted octanol–water partition coefficient (Wildman–Crippen LogP) is 1.63. The van der Waals surface area contributed by atoms with E-state index in [1.54, 1.807) is 6.92 Å². The zero-order valence-electron chi connectivity index (χ0n) is 8.82. The second-order valence-corrected chi connectivity index (χ2v) is 3.10. The number of hydrogen-bond acceptors (Lipinski definition) is 4. The fourth-order valence-electron chi connectivity index (χ4n) is 1.14. The van der Waals surface area contributed by atoms with Crippen molar-refractivity contribution in [2.75, 3.05) is 24.2 Å². The van der Waals surface area contributed by atoms with Crippen LogP contribution in [-0.4, -0.2) is 19.1 Å². The van der Waals surface area contributed by atoms with Gasteiger partial charge in [-0.3, -0.25) is 4.79 Å². The highest BCUT2D eigenvalue weighted by atomic mass is 16.5. The van der Waals surface area contributed by atoms with Gasteiger partial charge >= 0.3 is 5.97 Å². The lowest BCUT2D eigenvalue weighted by Crippen LogP contribution is -2.11. The Morgan fingerprint density at radius 3 is 2.67 bits per heavy atom. The molecule has 1 aromatic carbocycles. The fraction of sp³-hybridized carbons (Fsp3) is 0.364. The van der Waals surface area contributed by atoms with E-state index >= 15 is 0 Å². The highest BCUT2D eigenvalue weighted by molar-refractivity contribution is 5.70. The van der Waals surface area contributed by atoms with Crippen LogP contribution in [-0.2, 0) is 9.53 Å². The van der Waals surface area contributed by atoms with E-state index in [1.165, 1.54) is 0 Å². The number of rotatable bonds is 5. The maximum atomic E-state index is 11.0. The van der Waals surface area contributed by atoms with Crippen molar-refractivity contribution in [1.82, 2.24) is 0 Å². The number of nitrogens with two attached hydrogens (primary N) is 1. The third kappa shape index (κ3) is 4.35. The molecule has 0 amide bonds. The molecule has 3 N–H and O–H groups in total. The van der Waals surface area contributed by atoms with Crippen LogP contribution in [0.5, 0.6) is 0 Å². The van der Waals surface area contributed by atoms with Gasteiger partial charge in [0.15, 0.2) is 0 Å². The second-order valence-electron chi connectivity index (χ2n) is 3.10. The summed E-state index contributed by atoms with van der Waals surface area (Å²) >= 11 is 0. The topological polar surface area (TPSA) is 64.3 Å². The van der Waals surface area contributed by atoms with E-state index in [9.17, 15) is 4.79 Å². The van der Waals surface area contributed by atoms with E-state index in [4.69, 9.17) is 10.5 Å². The molecule has 82 valence electrons. The van der Waals surface area contributed by atoms with E-state index in [0.717, 1.165) is 11.4 Å². The number of nitrogen functional groups attached to an aromatic ring is 1. The van der Waals surface area contributed by atoms with Crippen LogP contribution < -0.4 is 11.1 Å². The zero-order chi connectivity index (χ0) is 11.1. The molecule has 0 aliphatic heterocycles. The molecule has 0 aliphatic carbocycles. The van der Waals surface area contributed by atoms with Gasteiger partial charge in [0, 0.05) is 17.9 Å². The number of anilines is 2. The molecule has 4 heteroatoms. The van der Waals surface area contributed by atoms with Gasteiger partial charge in [-0.1, -0.05) is 0 Å². The number of carbonyl (C=O) groups excluding carboxylic acids is 1. The quantitative estimate of drug-likeness (QED) is 0.570. The Bertz CT molecular complexity index is 309. The molecule has 0 heterocycles. The number of carbonyl (C=O) groups is 1. The van der Waals surface area contributed by atoms with Crippen molar-refractivity contribution in [2.45, 2.75) is 13.3 Å². The Labute approximate surface area is 89.4 Å². The molecule has 1 aromatic rings. The third-order valence-electron chi connectivity index (χ3n) is 1.87. The van der Waals surface area contributed by atoms with Crippen molar-refractivity contribution in [1.29, 1.82) is 0 Å². The normalized spacial score (nSPS) is 9.67. The van der Waals surface area contributed by atoms with Crippen molar-refractivity contribution in [3.8, 4) is 0 Å². The second kappa shape index (κ2) is 5.90. The molecular formula is C11H16N2O2. The lowest BCUT2D eigenvalue weighted by molar-refractivity contribution is -0.142. The van der Waals surface area contributed by atoms with Gasteiger partial charge in [-0.05, 0) is 31.2 Å². The molecule has 0 fully saturated rings. The number of nitrogens with one attached hydrogen (secondary N) is 1. The molecule has 1 rings (SSSR count). The van der Waals surface area contributed by atoms with Gasteiger partial charge in [0.1, 0.15) is 0 Å². The van der Waals surface area contributed by atoms with Gasteiger partial charge in [-0.15, -0.1) is 0 Å². The average Bonchev–Trinajstić information content (AvgIpc) is 2.21. The summed E-state index contributed by atoms with van der Waals surface area (Å²) in [4.78, 5) is 11.0. The van der Waals surface area contributed by atoms with Crippen LogP contribution in [0, 0.1) is 0 Å². The van der Waals surface area contributed by atoms with Crippen molar-refractivity contribution in [3.05, 3.63) is 24.3 Å². The summed E-state index contributed by atoms with van der Waals surface area (Å²) in [5.41, 5.74) is 7.22. The van der Waals surface area contributed by atoms with Gasteiger partial charge in [-0.25, -0.2) is 0 Å². The number of hydrogen-bond donors (Lipinski definition) is 2. The summed E-state index contributed by atoms with van der Waals surface area (Å²) in [6, 6.07) is 7.38. The van der Waals surface area contributed by atoms with Gasteiger partial charge in [0.25, 0.3) is 0 Å². The van der Waals surface area contributed by atoms with E-state index in [2.05, 4.69) is 5.32 Å². The monoisotopic (exact) mass is 208 g/mol. The van der Waals surface area contributed by atoms with E-state index in [1.807, 2.05) is 24.3 Å². The smallest absolute Gasteiger partial charge is 0.307 e. The summed E-state index contributed by atoms with van der Waals surface area (Å²) in [5, 5.41) is 3.10. The van der Waals surface area contributed by atoms with Crippen LogP contribution in [0.4, 0.5) is 11.4 Å². The molecule has 0 unspecified atom stereocenters. The molecule has 4 nitrogen and oxygen atoms in total. The zero-order valence-corrected chi connectivity index (χ0v) is 8.82. The molecule has 0 saturated carbocycles. The maximum Gasteiger partial charge on any atom is 0.307 e. The minimum atomic E-state index is -0.180. The standard InChI is InChI=1S/C11H16N2O2/c1-2-15-11(14)7-8-13-10-5-3-9(12)4-6-10/h3-6,13H,2,7-8,12H2,1H3. The summed E-state index contributed by atoms with van der Waals surface area (Å²) < 4.78 is 4.80. The highest BCUT2D eigenvalue weighted by Crippen LogP contribution is 2.10. The predicted molar refractivity (Wildman–Crippen MR) is 60.6 cm³/mol. The Morgan fingerprint density at radius 2 is 2.07 bits per heavy atom. The first kappa shape index (κ1) is 11.4. The Morgan fingerprint density at radius 1 is 1.40 bits per heavy atom. The molecule has 0 bridgehead atoms. The average molecular weight is 208 g/mol. The van der Waals surface area contributed by atoms with E-state index < -0.39 is 0 Å². The minimum absolute atomic E-state index is 0.180. The molecule has 0 aromatic heterocycles. The number of esters is 1. The van der Waals surface area contributed by atoms with Gasteiger partial charge in [0.2, 0.25) is 0 Å². The fourth-order valence-corrected chi connectivity index (χ4v) is 1.14. The van der Waals surface area contributed by atoms with Crippen molar-refractivity contribution < 1.29 is 9.53 Å². The third-order valence-corrected chi connectivity index (χ3v) is 1.87. The Kier molecular flexibility index (Phi) is 4.47. The number of ether oxygens (including phenoxy) is 1. The first-order valence-corrected chi connectivity index (χ1v) is 4.97.